The molecule has 1 unspecified atom stereocenters. The summed E-state index contributed by atoms with van der Waals surface area (Å²) in [6.07, 6.45) is 1.71. The van der Waals surface area contributed by atoms with Crippen LogP contribution < -0.4 is 32.4 Å². The number of H-pyrrole nitrogens is 1. The SMILES string of the molecule is COc1cc2[nH]ncc2cc1N(N)C1=C(C(N)Br)C(N)=NCN1. The molecule has 2 heterocycles. The highest BCUT2D eigenvalue weighted by molar-refractivity contribution is 9.09. The third kappa shape index (κ3) is 2.71. The lowest BCUT2D eigenvalue weighted by molar-refractivity contribution is 0.415. The monoisotopic (exact) mass is 380 g/mol. The van der Waals surface area contributed by atoms with Gasteiger partial charge in [-0.25, -0.2) is 10.8 Å². The van der Waals surface area contributed by atoms with E-state index in [1.165, 1.54) is 5.01 Å². The first-order chi connectivity index (χ1) is 11.0. The van der Waals surface area contributed by atoms with E-state index in [4.69, 9.17) is 22.0 Å². The number of ether oxygens (including phenoxy) is 1. The van der Waals surface area contributed by atoms with Crippen molar-refractivity contribution in [2.45, 2.75) is 4.95 Å². The number of methoxy groups -OCH3 is 1. The van der Waals surface area contributed by atoms with E-state index in [1.54, 1.807) is 13.3 Å². The van der Waals surface area contributed by atoms with Gasteiger partial charge in [-0.2, -0.15) is 5.10 Å². The van der Waals surface area contributed by atoms with Crippen molar-refractivity contribution in [3.05, 3.63) is 29.7 Å². The number of halogens is 1. The molecule has 1 aromatic heterocycles. The molecule has 1 aromatic carbocycles. The topological polar surface area (TPSA) is 144 Å². The van der Waals surface area contributed by atoms with Crippen LogP contribution >= 0.6 is 15.9 Å². The van der Waals surface area contributed by atoms with E-state index in [0.717, 1.165) is 10.9 Å². The zero-order valence-electron chi connectivity index (χ0n) is 12.4. The minimum Gasteiger partial charge on any atom is -0.494 e. The van der Waals surface area contributed by atoms with Crippen LogP contribution in [0.3, 0.4) is 0 Å². The number of anilines is 1. The van der Waals surface area contributed by atoms with Gasteiger partial charge in [0, 0.05) is 11.5 Å². The number of rotatable bonds is 4. The Hall–Kier alpha value is -2.30. The number of hydrogen-bond donors (Lipinski definition) is 5. The number of nitrogens with one attached hydrogen (secondary N) is 2. The predicted octanol–water partition coefficient (Wildman–Crippen LogP) is 0.0608. The first-order valence-corrected chi connectivity index (χ1v) is 7.68. The van der Waals surface area contributed by atoms with E-state index in [1.807, 2.05) is 12.1 Å². The van der Waals surface area contributed by atoms with Gasteiger partial charge in [0.2, 0.25) is 0 Å². The molecule has 0 fully saturated rings. The third-order valence-electron chi connectivity index (χ3n) is 3.54. The number of benzene rings is 1. The number of hydrazine groups is 1. The summed E-state index contributed by atoms with van der Waals surface area (Å²) in [5.41, 5.74) is 14.0. The van der Waals surface area contributed by atoms with E-state index in [0.29, 0.717) is 35.3 Å². The molecule has 1 atom stereocenters. The second-order valence-corrected chi connectivity index (χ2v) is 5.88. The van der Waals surface area contributed by atoms with Crippen LogP contribution in [0.15, 0.2) is 34.7 Å². The van der Waals surface area contributed by atoms with E-state index >= 15 is 0 Å². The summed E-state index contributed by atoms with van der Waals surface area (Å²) in [6, 6.07) is 3.69. The first kappa shape index (κ1) is 15.6. The smallest absolute Gasteiger partial charge is 0.146 e. The maximum Gasteiger partial charge on any atom is 0.146 e. The Balaban J connectivity index is 2.13. The quantitative estimate of drug-likeness (QED) is 0.218. The van der Waals surface area contributed by atoms with Crippen molar-refractivity contribution < 1.29 is 4.74 Å². The minimum atomic E-state index is -0.510. The normalized spacial score (nSPS) is 16.1. The Labute approximate surface area is 140 Å². The summed E-state index contributed by atoms with van der Waals surface area (Å²) in [6.45, 7) is 0.314. The summed E-state index contributed by atoms with van der Waals surface area (Å²) in [4.78, 5) is 3.62. The molecule has 2 aromatic rings. The van der Waals surface area contributed by atoms with Gasteiger partial charge >= 0.3 is 0 Å². The van der Waals surface area contributed by atoms with Gasteiger partial charge in [-0.3, -0.25) is 10.1 Å². The molecular formula is C13H17BrN8O. The molecule has 0 radical (unpaired) electrons. The highest BCUT2D eigenvalue weighted by atomic mass is 79.9. The zero-order valence-corrected chi connectivity index (χ0v) is 14.0. The predicted molar refractivity (Wildman–Crippen MR) is 92.9 cm³/mol. The summed E-state index contributed by atoms with van der Waals surface area (Å²) < 4.78 is 5.43. The van der Waals surface area contributed by atoms with Crippen LogP contribution in [0.5, 0.6) is 5.75 Å². The molecule has 0 saturated heterocycles. The molecule has 3 rings (SSSR count). The van der Waals surface area contributed by atoms with Crippen molar-refractivity contribution in [2.24, 2.45) is 22.3 Å². The highest BCUT2D eigenvalue weighted by Gasteiger charge is 2.25. The lowest BCUT2D eigenvalue weighted by atomic mass is 10.1. The van der Waals surface area contributed by atoms with E-state index in [-0.39, 0.29) is 0 Å². The Bertz CT molecular complexity index is 796. The molecule has 0 bridgehead atoms. The first-order valence-electron chi connectivity index (χ1n) is 6.77. The number of fused-ring (bicyclic) bond motifs is 1. The fourth-order valence-electron chi connectivity index (χ4n) is 2.42. The second kappa shape index (κ2) is 6.07. The van der Waals surface area contributed by atoms with Gasteiger partial charge in [0.05, 0.1) is 29.3 Å². The fraction of sp³-hybridized carbons (Fsp3) is 0.231. The Morgan fingerprint density at radius 2 is 2.22 bits per heavy atom. The van der Waals surface area contributed by atoms with Crippen molar-refractivity contribution in [1.29, 1.82) is 0 Å². The van der Waals surface area contributed by atoms with Crippen molar-refractivity contribution in [3.63, 3.8) is 0 Å². The number of aromatic nitrogens is 2. The van der Waals surface area contributed by atoms with Gasteiger partial charge in [-0.1, -0.05) is 15.9 Å². The number of nitrogens with zero attached hydrogens (tertiary/aromatic N) is 3. The number of hydrogen-bond acceptors (Lipinski definition) is 8. The van der Waals surface area contributed by atoms with Crippen LogP contribution in [0, 0.1) is 0 Å². The molecular weight excluding hydrogens is 364 g/mol. The van der Waals surface area contributed by atoms with Crippen LogP contribution in [-0.4, -0.2) is 34.8 Å². The zero-order chi connectivity index (χ0) is 16.6. The minimum absolute atomic E-state index is 0.314. The second-order valence-electron chi connectivity index (χ2n) is 4.89. The summed E-state index contributed by atoms with van der Waals surface area (Å²) in [7, 11) is 1.57. The Morgan fingerprint density at radius 1 is 1.43 bits per heavy atom. The maximum absolute atomic E-state index is 6.31. The van der Waals surface area contributed by atoms with Crippen LogP contribution in [0.4, 0.5) is 5.69 Å². The number of aliphatic imine (C=N–C) groups is 1. The number of amidine groups is 1. The van der Waals surface area contributed by atoms with Gasteiger partial charge in [0.1, 0.15) is 29.8 Å². The lowest BCUT2D eigenvalue weighted by Crippen LogP contribution is -2.46. The number of aromatic amines is 1. The van der Waals surface area contributed by atoms with Crippen LogP contribution in [0.25, 0.3) is 10.9 Å². The van der Waals surface area contributed by atoms with Crippen molar-refractivity contribution >= 4 is 38.4 Å². The van der Waals surface area contributed by atoms with Gasteiger partial charge < -0.3 is 21.5 Å². The molecule has 0 saturated carbocycles. The molecule has 0 spiro atoms. The number of alkyl halides is 1. The van der Waals surface area contributed by atoms with Crippen molar-refractivity contribution in [3.8, 4) is 5.75 Å². The van der Waals surface area contributed by atoms with Crippen LogP contribution in [-0.2, 0) is 0 Å². The van der Waals surface area contributed by atoms with Gasteiger partial charge in [-0.15, -0.1) is 0 Å². The molecule has 0 aliphatic carbocycles. The van der Waals surface area contributed by atoms with Crippen LogP contribution in [0.2, 0.25) is 0 Å². The summed E-state index contributed by atoms with van der Waals surface area (Å²) >= 11 is 3.32. The number of nitrogens with two attached hydrogens (primary N) is 3. The summed E-state index contributed by atoms with van der Waals surface area (Å²) in [5, 5.41) is 12.3. The van der Waals surface area contributed by atoms with Crippen LogP contribution in [0.1, 0.15) is 0 Å². The molecule has 0 amide bonds. The van der Waals surface area contributed by atoms with E-state index in [9.17, 15) is 0 Å². The Morgan fingerprint density at radius 3 is 2.91 bits per heavy atom. The van der Waals surface area contributed by atoms with E-state index < -0.39 is 4.95 Å². The highest BCUT2D eigenvalue weighted by Crippen LogP contribution is 2.33. The Kier molecular flexibility index (Phi) is 4.11. The fourth-order valence-corrected chi connectivity index (χ4v) is 2.87. The largest absolute Gasteiger partial charge is 0.494 e. The maximum atomic E-state index is 6.31. The third-order valence-corrected chi connectivity index (χ3v) is 4.00. The van der Waals surface area contributed by atoms with Gasteiger partial charge in [0.25, 0.3) is 0 Å². The van der Waals surface area contributed by atoms with Crippen molar-refractivity contribution in [1.82, 2.24) is 15.5 Å². The average Bonchev–Trinajstić information content (AvgIpc) is 2.99. The molecule has 122 valence electrons. The average molecular weight is 381 g/mol. The molecule has 23 heavy (non-hydrogen) atoms. The van der Waals surface area contributed by atoms with Crippen molar-refractivity contribution in [2.75, 3.05) is 18.8 Å². The molecule has 10 heteroatoms. The van der Waals surface area contributed by atoms with Gasteiger partial charge in [0.15, 0.2) is 0 Å². The van der Waals surface area contributed by atoms with Gasteiger partial charge in [-0.05, 0) is 6.07 Å². The summed E-state index contributed by atoms with van der Waals surface area (Å²) in [5.74, 6) is 7.79. The molecule has 1 aliphatic heterocycles. The molecule has 9 nitrogen and oxygen atoms in total. The van der Waals surface area contributed by atoms with E-state index in [2.05, 4.69) is 36.4 Å². The molecule has 1 aliphatic rings. The standard InChI is InChI=1S/C13H17BrN8O/c1-23-9-3-7-6(4-20-21-7)2-8(9)22(17)13-10(11(14)15)12(16)18-5-19-13/h2-4,11,19H,5,15,17H2,1H3,(H2,16,18)(H,20,21). The molecule has 8 N–H and O–H groups in total. The lowest BCUT2D eigenvalue weighted by Gasteiger charge is -2.30.